The van der Waals surface area contributed by atoms with Crippen molar-refractivity contribution in [1.29, 1.82) is 0 Å². The van der Waals surface area contributed by atoms with Crippen LogP contribution in [-0.2, 0) is 23.8 Å². The maximum Gasteiger partial charge on any atom is 0.336 e. The van der Waals surface area contributed by atoms with Gasteiger partial charge in [0.05, 0.1) is 0 Å². The lowest BCUT2D eigenvalue weighted by molar-refractivity contribution is -0.195. The van der Waals surface area contributed by atoms with E-state index in [1.54, 1.807) is 19.9 Å². The number of allylic oxidation sites excluding steroid dienone is 1. The Hall–Kier alpha value is -1.50. The molecule has 4 aliphatic rings. The van der Waals surface area contributed by atoms with Gasteiger partial charge in [0, 0.05) is 19.1 Å². The molecule has 2 aliphatic carbocycles. The third kappa shape index (κ3) is 2.89. The molecule has 1 saturated carbocycles. The summed E-state index contributed by atoms with van der Waals surface area (Å²) >= 11 is 0. The van der Waals surface area contributed by atoms with Gasteiger partial charge in [0.1, 0.15) is 17.8 Å². The fourth-order valence-electron chi connectivity index (χ4n) is 5.00. The lowest BCUT2D eigenvalue weighted by Crippen LogP contribution is -2.39. The zero-order valence-electron chi connectivity index (χ0n) is 16.6. The van der Waals surface area contributed by atoms with Gasteiger partial charge in [-0.2, -0.15) is 0 Å². The molecule has 1 saturated heterocycles. The van der Waals surface area contributed by atoms with E-state index in [4.69, 9.17) is 14.2 Å². The number of hydrogen-bond acceptors (Lipinski definition) is 6. The van der Waals surface area contributed by atoms with Gasteiger partial charge in [0.25, 0.3) is 0 Å². The van der Waals surface area contributed by atoms with E-state index in [0.29, 0.717) is 23.5 Å². The quantitative estimate of drug-likeness (QED) is 0.558. The highest BCUT2D eigenvalue weighted by Crippen LogP contribution is 2.62. The first kappa shape index (κ1) is 18.8. The van der Waals surface area contributed by atoms with Gasteiger partial charge < -0.3 is 19.3 Å². The van der Waals surface area contributed by atoms with Crippen LogP contribution < -0.4 is 0 Å². The van der Waals surface area contributed by atoms with Crippen LogP contribution in [-0.4, -0.2) is 47.6 Å². The fraction of sp³-hybridized carbons (Fsp3) is 0.714. The van der Waals surface area contributed by atoms with Crippen molar-refractivity contribution in [2.45, 2.75) is 70.6 Å². The van der Waals surface area contributed by atoms with Crippen molar-refractivity contribution in [3.05, 3.63) is 23.3 Å². The molecule has 2 aliphatic heterocycles. The van der Waals surface area contributed by atoms with Crippen molar-refractivity contribution < 1.29 is 28.9 Å². The molecule has 6 atom stereocenters. The largest absolute Gasteiger partial charge is 0.426 e. The number of methoxy groups -OCH3 is 1. The van der Waals surface area contributed by atoms with Gasteiger partial charge in [-0.3, -0.25) is 4.79 Å². The monoisotopic (exact) mass is 376 g/mol. The lowest BCUT2D eigenvalue weighted by Gasteiger charge is -2.26. The summed E-state index contributed by atoms with van der Waals surface area (Å²) in [6.07, 6.45) is 3.58. The number of ketones is 1. The predicted molar refractivity (Wildman–Crippen MR) is 96.6 cm³/mol. The number of rotatable bonds is 1. The molecule has 0 amide bonds. The summed E-state index contributed by atoms with van der Waals surface area (Å²) in [5.74, 6) is -1.21. The first-order valence-electron chi connectivity index (χ1n) is 9.62. The maximum absolute atomic E-state index is 12.7. The van der Waals surface area contributed by atoms with E-state index < -0.39 is 23.6 Å². The van der Waals surface area contributed by atoms with Crippen LogP contribution in [0.5, 0.6) is 0 Å². The third-order valence-electron chi connectivity index (χ3n) is 7.04. The second-order valence-corrected chi connectivity index (χ2v) is 9.25. The van der Waals surface area contributed by atoms with E-state index in [9.17, 15) is 14.7 Å². The van der Waals surface area contributed by atoms with Gasteiger partial charge in [-0.05, 0) is 55.6 Å². The Bertz CT molecular complexity index is 765. The lowest BCUT2D eigenvalue weighted by atomic mass is 9.90. The van der Waals surface area contributed by atoms with E-state index >= 15 is 0 Å². The Kier molecular flexibility index (Phi) is 4.01. The number of hydrogen-bond donors (Lipinski definition) is 1. The summed E-state index contributed by atoms with van der Waals surface area (Å²) in [7, 11) is 1.49. The second-order valence-electron chi connectivity index (χ2n) is 9.25. The molecule has 0 aromatic carbocycles. The summed E-state index contributed by atoms with van der Waals surface area (Å²) in [5.41, 5.74) is 0.490. The van der Waals surface area contributed by atoms with Crippen molar-refractivity contribution >= 4 is 11.8 Å². The zero-order valence-corrected chi connectivity index (χ0v) is 16.6. The topological polar surface area (TPSA) is 85.4 Å². The SMILES string of the molecule is CO[C@]12C=C(CC[C@@H]3[C@H](/C=C(\C)C(=O)[C@H](O)[C@H]4O[C@@]4(C)C1)C3(C)C)C(=O)O2. The van der Waals surface area contributed by atoms with Gasteiger partial charge in [-0.1, -0.05) is 19.9 Å². The number of carbonyl (C=O) groups excluding carboxylic acids is 2. The first-order chi connectivity index (χ1) is 12.5. The summed E-state index contributed by atoms with van der Waals surface area (Å²) in [5, 5.41) is 10.6. The number of aliphatic hydroxyl groups is 1. The van der Waals surface area contributed by atoms with E-state index in [1.807, 2.05) is 6.08 Å². The first-order valence-corrected chi connectivity index (χ1v) is 9.62. The molecule has 0 unspecified atom stereocenters. The highest BCUT2D eigenvalue weighted by Gasteiger charge is 2.63. The Morgan fingerprint density at radius 2 is 1.96 bits per heavy atom. The Morgan fingerprint density at radius 1 is 1.26 bits per heavy atom. The average molecular weight is 376 g/mol. The molecule has 27 heavy (non-hydrogen) atoms. The van der Waals surface area contributed by atoms with Crippen LogP contribution in [0.2, 0.25) is 0 Å². The van der Waals surface area contributed by atoms with Crippen LogP contribution in [0.25, 0.3) is 0 Å². The molecule has 6 heteroatoms. The summed E-state index contributed by atoms with van der Waals surface area (Å²) in [6, 6.07) is 0. The smallest absolute Gasteiger partial charge is 0.336 e. The molecular formula is C21H28O6. The number of ether oxygens (including phenoxy) is 3. The molecule has 1 N–H and O–H groups in total. The molecular weight excluding hydrogens is 348 g/mol. The standard InChI is InChI=1S/C21H28O6/c1-11-8-14-13(19(14,2)3)7-6-12-9-21(25-5,27-18(12)24)10-20(4)17(26-20)16(23)15(11)22/h8-9,13-14,16-17,23H,6-7,10H2,1-5H3/b11-8+/t13-,14+,16+,17-,20+,21+/m1/s1. The third-order valence-corrected chi connectivity index (χ3v) is 7.04. The fourth-order valence-corrected chi connectivity index (χ4v) is 5.00. The van der Waals surface area contributed by atoms with Crippen LogP contribution in [0, 0.1) is 17.3 Å². The van der Waals surface area contributed by atoms with Crippen LogP contribution in [0.1, 0.15) is 47.0 Å². The highest BCUT2D eigenvalue weighted by molar-refractivity contribution is 5.99. The van der Waals surface area contributed by atoms with Crippen molar-refractivity contribution in [2.75, 3.05) is 7.11 Å². The molecule has 0 aromatic heterocycles. The van der Waals surface area contributed by atoms with Crippen LogP contribution in [0.3, 0.4) is 0 Å². The average Bonchev–Trinajstić information content (AvgIpc) is 3.35. The van der Waals surface area contributed by atoms with E-state index in [2.05, 4.69) is 13.8 Å². The van der Waals surface area contributed by atoms with E-state index in [-0.39, 0.29) is 29.5 Å². The van der Waals surface area contributed by atoms with Crippen LogP contribution >= 0.6 is 0 Å². The Balaban J connectivity index is 1.69. The van der Waals surface area contributed by atoms with Crippen molar-refractivity contribution in [3.8, 4) is 0 Å². The van der Waals surface area contributed by atoms with Crippen molar-refractivity contribution in [2.24, 2.45) is 17.3 Å². The number of Topliss-reactive ketones (excluding diaryl/α,β-unsaturated/α-hetero) is 1. The number of fused-ring (bicyclic) bond motifs is 3. The molecule has 2 fully saturated rings. The van der Waals surface area contributed by atoms with E-state index in [1.165, 1.54) is 7.11 Å². The molecule has 148 valence electrons. The van der Waals surface area contributed by atoms with Gasteiger partial charge in [0.2, 0.25) is 5.79 Å². The maximum atomic E-state index is 12.7. The van der Waals surface area contributed by atoms with Crippen LogP contribution in [0.4, 0.5) is 0 Å². The zero-order chi connectivity index (χ0) is 19.8. The second kappa shape index (κ2) is 5.75. The minimum atomic E-state index is -1.23. The number of aliphatic hydroxyl groups excluding tert-OH is 1. The minimum Gasteiger partial charge on any atom is -0.426 e. The number of carbonyl (C=O) groups is 2. The molecule has 0 aromatic rings. The van der Waals surface area contributed by atoms with Crippen molar-refractivity contribution in [3.63, 3.8) is 0 Å². The molecule has 0 spiro atoms. The minimum absolute atomic E-state index is 0.0681. The van der Waals surface area contributed by atoms with Gasteiger partial charge in [-0.15, -0.1) is 0 Å². The Morgan fingerprint density at radius 3 is 2.63 bits per heavy atom. The van der Waals surface area contributed by atoms with Gasteiger partial charge in [0.15, 0.2) is 5.78 Å². The van der Waals surface area contributed by atoms with Gasteiger partial charge in [-0.25, -0.2) is 4.79 Å². The Labute approximate surface area is 159 Å². The number of esters is 1. The summed E-state index contributed by atoms with van der Waals surface area (Å²) in [4.78, 5) is 25.1. The van der Waals surface area contributed by atoms with Crippen LogP contribution in [0.15, 0.2) is 23.3 Å². The van der Waals surface area contributed by atoms with E-state index in [0.717, 1.165) is 6.42 Å². The molecule has 2 heterocycles. The molecule has 4 rings (SSSR count). The number of epoxide rings is 1. The molecule has 6 nitrogen and oxygen atoms in total. The van der Waals surface area contributed by atoms with Crippen molar-refractivity contribution in [1.82, 2.24) is 0 Å². The molecule has 0 radical (unpaired) electrons. The normalized spacial score (nSPS) is 47.6. The molecule has 2 bridgehead atoms. The van der Waals surface area contributed by atoms with Gasteiger partial charge >= 0.3 is 5.97 Å². The summed E-state index contributed by atoms with van der Waals surface area (Å²) < 4.78 is 16.8. The highest BCUT2D eigenvalue weighted by atomic mass is 16.7. The summed E-state index contributed by atoms with van der Waals surface area (Å²) in [6.45, 7) is 7.91. The predicted octanol–water partition coefficient (Wildman–Crippen LogP) is 2.30.